The Morgan fingerprint density at radius 3 is 2.60 bits per heavy atom. The highest BCUT2D eigenvalue weighted by Gasteiger charge is 2.18. The number of urea groups is 1. The number of hydrogen-bond donors (Lipinski definition) is 2. The number of para-hydroxylation sites is 1. The van der Waals surface area contributed by atoms with Gasteiger partial charge in [0.1, 0.15) is 0 Å². The third-order valence-corrected chi connectivity index (χ3v) is 2.75. The normalized spacial score (nSPS) is 10.1. The molecule has 0 spiro atoms. The Labute approximate surface area is 115 Å². The molecule has 2 aromatic rings. The lowest BCUT2D eigenvalue weighted by Gasteiger charge is -2.19. The van der Waals surface area contributed by atoms with E-state index in [1.165, 1.54) is 18.0 Å². The van der Waals surface area contributed by atoms with E-state index in [0.717, 1.165) is 0 Å². The van der Waals surface area contributed by atoms with Crippen LogP contribution in [-0.2, 0) is 7.05 Å². The second-order valence-electron chi connectivity index (χ2n) is 4.19. The Bertz CT molecular complexity index is 651. The van der Waals surface area contributed by atoms with Crippen molar-refractivity contribution in [1.82, 2.24) is 9.78 Å². The number of carbonyl (C=O) groups excluding carboxylic acids is 1. The molecule has 0 saturated carbocycles. The predicted molar refractivity (Wildman–Crippen MR) is 74.0 cm³/mol. The highest BCUT2D eigenvalue weighted by atomic mass is 16.4. The van der Waals surface area contributed by atoms with Crippen LogP contribution in [0.5, 0.6) is 0 Å². The zero-order valence-corrected chi connectivity index (χ0v) is 11.1. The summed E-state index contributed by atoms with van der Waals surface area (Å²) in [4.78, 5) is 24.4. The Balaban J connectivity index is 2.20. The van der Waals surface area contributed by atoms with Crippen molar-refractivity contribution < 1.29 is 14.7 Å². The van der Waals surface area contributed by atoms with E-state index in [2.05, 4.69) is 10.4 Å². The Morgan fingerprint density at radius 1 is 1.30 bits per heavy atom. The Kier molecular flexibility index (Phi) is 3.69. The summed E-state index contributed by atoms with van der Waals surface area (Å²) < 4.78 is 1.56. The highest BCUT2D eigenvalue weighted by molar-refractivity contribution is 6.05. The van der Waals surface area contributed by atoms with Gasteiger partial charge in [0, 0.05) is 26.4 Å². The molecule has 0 aliphatic heterocycles. The van der Waals surface area contributed by atoms with Gasteiger partial charge in [-0.3, -0.25) is 14.9 Å². The summed E-state index contributed by atoms with van der Waals surface area (Å²) in [5.41, 5.74) is 0.375. The van der Waals surface area contributed by atoms with Crippen LogP contribution in [0.15, 0.2) is 36.5 Å². The zero-order valence-electron chi connectivity index (χ0n) is 11.1. The first-order chi connectivity index (χ1) is 9.49. The minimum atomic E-state index is -1.09. The van der Waals surface area contributed by atoms with Gasteiger partial charge >= 0.3 is 12.0 Å². The summed E-state index contributed by atoms with van der Waals surface area (Å²) in [6.45, 7) is 0. The number of carbonyl (C=O) groups is 2. The van der Waals surface area contributed by atoms with Crippen LogP contribution in [0.2, 0.25) is 0 Å². The van der Waals surface area contributed by atoms with Crippen LogP contribution in [0.4, 0.5) is 16.3 Å². The summed E-state index contributed by atoms with van der Waals surface area (Å²) in [6, 6.07) is 7.49. The Morgan fingerprint density at radius 2 is 2.00 bits per heavy atom. The average Bonchev–Trinajstić information content (AvgIpc) is 2.83. The largest absolute Gasteiger partial charge is 0.478 e. The molecule has 7 heteroatoms. The zero-order chi connectivity index (χ0) is 14.7. The van der Waals surface area contributed by atoms with Crippen molar-refractivity contribution in [3.8, 4) is 0 Å². The molecule has 0 radical (unpaired) electrons. The van der Waals surface area contributed by atoms with Crippen molar-refractivity contribution in [1.29, 1.82) is 0 Å². The number of anilines is 2. The first-order valence-electron chi connectivity index (χ1n) is 5.85. The van der Waals surface area contributed by atoms with Gasteiger partial charge in [-0.2, -0.15) is 5.10 Å². The van der Waals surface area contributed by atoms with E-state index in [1.54, 1.807) is 42.2 Å². The molecular formula is C13H14N4O3. The van der Waals surface area contributed by atoms with Crippen LogP contribution in [0.3, 0.4) is 0 Å². The number of rotatable bonds is 3. The predicted octanol–water partition coefficient (Wildman–Crippen LogP) is 1.79. The van der Waals surface area contributed by atoms with E-state index in [-0.39, 0.29) is 5.56 Å². The summed E-state index contributed by atoms with van der Waals surface area (Å²) >= 11 is 0. The fourth-order valence-corrected chi connectivity index (χ4v) is 1.73. The molecule has 0 saturated heterocycles. The molecule has 104 valence electrons. The molecule has 2 N–H and O–H groups in total. The third-order valence-electron chi connectivity index (χ3n) is 2.75. The van der Waals surface area contributed by atoms with Gasteiger partial charge in [0.15, 0.2) is 5.82 Å². The number of aromatic nitrogens is 2. The summed E-state index contributed by atoms with van der Waals surface area (Å²) in [5, 5.41) is 15.7. The molecule has 0 aliphatic carbocycles. The number of nitrogens with one attached hydrogen (secondary N) is 1. The van der Waals surface area contributed by atoms with Gasteiger partial charge in [0.25, 0.3) is 0 Å². The molecule has 1 aromatic heterocycles. The van der Waals surface area contributed by atoms with Crippen LogP contribution >= 0.6 is 0 Å². The van der Waals surface area contributed by atoms with Gasteiger partial charge in [-0.1, -0.05) is 12.1 Å². The SMILES string of the molecule is CN(C(=O)Nc1ccn(C)n1)c1ccccc1C(=O)O. The summed E-state index contributed by atoms with van der Waals surface area (Å²) in [6.07, 6.45) is 1.70. The summed E-state index contributed by atoms with van der Waals surface area (Å²) in [7, 11) is 3.24. The molecule has 7 nitrogen and oxygen atoms in total. The monoisotopic (exact) mass is 274 g/mol. The first-order valence-corrected chi connectivity index (χ1v) is 5.85. The van der Waals surface area contributed by atoms with Crippen LogP contribution < -0.4 is 10.2 Å². The molecular weight excluding hydrogens is 260 g/mol. The van der Waals surface area contributed by atoms with Crippen LogP contribution in [-0.4, -0.2) is 33.9 Å². The van der Waals surface area contributed by atoms with Crippen molar-refractivity contribution >= 4 is 23.5 Å². The smallest absolute Gasteiger partial charge is 0.337 e. The molecule has 20 heavy (non-hydrogen) atoms. The van der Waals surface area contributed by atoms with Crippen molar-refractivity contribution in [3.05, 3.63) is 42.1 Å². The fraction of sp³-hybridized carbons (Fsp3) is 0.154. The first kappa shape index (κ1) is 13.6. The molecule has 2 rings (SSSR count). The number of hydrogen-bond acceptors (Lipinski definition) is 3. The number of aromatic carboxylic acids is 1. The average molecular weight is 274 g/mol. The van der Waals surface area contributed by atoms with E-state index in [1.807, 2.05) is 0 Å². The minimum Gasteiger partial charge on any atom is -0.478 e. The lowest BCUT2D eigenvalue weighted by Crippen LogP contribution is -2.32. The standard InChI is InChI=1S/C13H14N4O3/c1-16-8-7-11(15-16)14-13(20)17(2)10-6-4-3-5-9(10)12(18)19/h3-8H,1-2H3,(H,18,19)(H,14,15,20). The molecule has 0 atom stereocenters. The van der Waals surface area contributed by atoms with E-state index >= 15 is 0 Å². The van der Waals surface area contributed by atoms with Gasteiger partial charge in [0.2, 0.25) is 0 Å². The second-order valence-corrected chi connectivity index (χ2v) is 4.19. The van der Waals surface area contributed by atoms with Crippen molar-refractivity contribution in [2.24, 2.45) is 7.05 Å². The molecule has 0 aliphatic rings. The molecule has 1 heterocycles. The maximum atomic E-state index is 12.1. The second kappa shape index (κ2) is 5.43. The van der Waals surface area contributed by atoms with E-state index in [4.69, 9.17) is 5.11 Å². The van der Waals surface area contributed by atoms with Gasteiger partial charge in [-0.25, -0.2) is 9.59 Å². The lowest BCUT2D eigenvalue weighted by atomic mass is 10.1. The van der Waals surface area contributed by atoms with Crippen molar-refractivity contribution in [2.45, 2.75) is 0 Å². The van der Waals surface area contributed by atoms with E-state index in [9.17, 15) is 9.59 Å². The van der Waals surface area contributed by atoms with Crippen LogP contribution in [0, 0.1) is 0 Å². The van der Waals surface area contributed by atoms with Gasteiger partial charge < -0.3 is 5.11 Å². The lowest BCUT2D eigenvalue weighted by molar-refractivity contribution is 0.0697. The minimum absolute atomic E-state index is 0.0613. The van der Waals surface area contributed by atoms with Gasteiger partial charge in [-0.05, 0) is 12.1 Å². The number of benzene rings is 1. The number of carboxylic acid groups (broad SMARTS) is 1. The van der Waals surface area contributed by atoms with E-state index in [0.29, 0.717) is 11.5 Å². The van der Waals surface area contributed by atoms with E-state index < -0.39 is 12.0 Å². The topological polar surface area (TPSA) is 87.5 Å². The van der Waals surface area contributed by atoms with Crippen LogP contribution in [0.25, 0.3) is 0 Å². The molecule has 0 unspecified atom stereocenters. The number of aryl methyl sites for hydroxylation is 1. The number of nitrogens with zero attached hydrogens (tertiary/aromatic N) is 3. The maximum absolute atomic E-state index is 12.1. The fourth-order valence-electron chi connectivity index (χ4n) is 1.73. The maximum Gasteiger partial charge on any atom is 0.337 e. The molecule has 1 aromatic carbocycles. The Hall–Kier alpha value is -2.83. The van der Waals surface area contributed by atoms with Crippen molar-refractivity contribution in [3.63, 3.8) is 0 Å². The van der Waals surface area contributed by atoms with Gasteiger partial charge in [0.05, 0.1) is 11.3 Å². The quantitative estimate of drug-likeness (QED) is 0.893. The molecule has 0 fully saturated rings. The number of carboxylic acids is 1. The third kappa shape index (κ3) is 2.77. The molecule has 2 amide bonds. The molecule has 0 bridgehead atoms. The number of amides is 2. The van der Waals surface area contributed by atoms with Crippen molar-refractivity contribution in [2.75, 3.05) is 17.3 Å². The van der Waals surface area contributed by atoms with Crippen LogP contribution in [0.1, 0.15) is 10.4 Å². The summed E-state index contributed by atoms with van der Waals surface area (Å²) in [5.74, 6) is -0.685. The van der Waals surface area contributed by atoms with Gasteiger partial charge in [-0.15, -0.1) is 0 Å². The highest BCUT2D eigenvalue weighted by Crippen LogP contribution is 2.19.